The molecular formula is C17H19N3. The topological polar surface area (TPSA) is 48.7 Å². The molecule has 1 aromatic carbocycles. The first-order chi connectivity index (χ1) is 9.38. The highest BCUT2D eigenvalue weighted by atomic mass is 15.1. The maximum Gasteiger partial charge on any atom is 0.144 e. The van der Waals surface area contributed by atoms with Gasteiger partial charge in [-0.25, -0.2) is 4.98 Å². The second kappa shape index (κ2) is 3.96. The van der Waals surface area contributed by atoms with Crippen LogP contribution in [0.3, 0.4) is 0 Å². The molecule has 1 heterocycles. The van der Waals surface area contributed by atoms with Crippen molar-refractivity contribution < 1.29 is 0 Å². The molecule has 1 N–H and O–H groups in total. The number of fused-ring (bicyclic) bond motifs is 1. The summed E-state index contributed by atoms with van der Waals surface area (Å²) in [6.07, 6.45) is 0. The second-order valence-electron chi connectivity index (χ2n) is 6.71. The maximum atomic E-state index is 9.34. The monoisotopic (exact) mass is 265 g/mol. The zero-order chi connectivity index (χ0) is 14.5. The third-order valence-electron chi connectivity index (χ3n) is 5.15. The average molecular weight is 265 g/mol. The van der Waals surface area contributed by atoms with Crippen molar-refractivity contribution in [2.45, 2.75) is 33.7 Å². The first kappa shape index (κ1) is 12.9. The molecular weight excluding hydrogens is 246 g/mol. The molecule has 1 aliphatic carbocycles. The zero-order valence-electron chi connectivity index (χ0n) is 12.4. The van der Waals surface area contributed by atoms with E-state index in [0.29, 0.717) is 17.4 Å². The van der Waals surface area contributed by atoms with Crippen LogP contribution in [0.2, 0.25) is 0 Å². The fourth-order valence-corrected chi connectivity index (χ4v) is 3.01. The molecule has 3 rings (SSSR count). The Bertz CT molecular complexity index is 709. The minimum atomic E-state index is 0.215. The van der Waals surface area contributed by atoms with E-state index in [1.165, 1.54) is 0 Å². The third kappa shape index (κ3) is 1.68. The number of hydrogen-bond acceptors (Lipinski definition) is 3. The average Bonchev–Trinajstić information content (AvgIpc) is 2.80. The van der Waals surface area contributed by atoms with Gasteiger partial charge in [-0.2, -0.15) is 5.26 Å². The highest BCUT2D eigenvalue weighted by molar-refractivity contribution is 5.83. The number of nitrogens with zero attached hydrogens (tertiary/aromatic N) is 2. The van der Waals surface area contributed by atoms with Gasteiger partial charge in [0, 0.05) is 11.4 Å². The number of pyridine rings is 1. The highest BCUT2D eigenvalue weighted by Crippen LogP contribution is 2.63. The van der Waals surface area contributed by atoms with Gasteiger partial charge < -0.3 is 5.32 Å². The summed E-state index contributed by atoms with van der Waals surface area (Å²) < 4.78 is 0. The fraction of sp³-hybridized carbons (Fsp3) is 0.412. The molecule has 2 aromatic rings. The van der Waals surface area contributed by atoms with Crippen LogP contribution < -0.4 is 5.32 Å². The molecule has 0 bridgehead atoms. The summed E-state index contributed by atoms with van der Waals surface area (Å²) in [7, 11) is 0. The maximum absolute atomic E-state index is 9.34. The van der Waals surface area contributed by atoms with Gasteiger partial charge in [-0.1, -0.05) is 45.9 Å². The van der Waals surface area contributed by atoms with Gasteiger partial charge in [0.25, 0.3) is 0 Å². The Labute approximate surface area is 119 Å². The summed E-state index contributed by atoms with van der Waals surface area (Å²) in [4.78, 5) is 4.62. The number of nitriles is 1. The molecule has 0 spiro atoms. The quantitative estimate of drug-likeness (QED) is 0.894. The normalized spacial score (nSPS) is 19.6. The van der Waals surface area contributed by atoms with Crippen molar-refractivity contribution >= 4 is 16.7 Å². The molecule has 1 aliphatic rings. The molecule has 0 saturated heterocycles. The molecule has 20 heavy (non-hydrogen) atoms. The van der Waals surface area contributed by atoms with Crippen molar-refractivity contribution in [1.29, 1.82) is 5.26 Å². The lowest BCUT2D eigenvalue weighted by atomic mass is 10.0. The lowest BCUT2D eigenvalue weighted by Crippen LogP contribution is -2.12. The number of hydrogen-bond donors (Lipinski definition) is 1. The molecule has 0 unspecified atom stereocenters. The van der Waals surface area contributed by atoms with E-state index in [-0.39, 0.29) is 10.8 Å². The van der Waals surface area contributed by atoms with Gasteiger partial charge in [-0.3, -0.25) is 0 Å². The summed E-state index contributed by atoms with van der Waals surface area (Å²) in [5, 5.41) is 13.8. The fourth-order valence-electron chi connectivity index (χ4n) is 3.01. The van der Waals surface area contributed by atoms with Crippen molar-refractivity contribution in [3.05, 3.63) is 35.9 Å². The van der Waals surface area contributed by atoms with Gasteiger partial charge in [0.15, 0.2) is 0 Å². The van der Waals surface area contributed by atoms with Gasteiger partial charge in [0.05, 0.1) is 11.1 Å². The third-order valence-corrected chi connectivity index (χ3v) is 5.15. The van der Waals surface area contributed by atoms with Crippen molar-refractivity contribution in [3.8, 4) is 6.07 Å². The Morgan fingerprint density at radius 1 is 1.15 bits per heavy atom. The number of rotatable bonds is 2. The van der Waals surface area contributed by atoms with E-state index in [4.69, 9.17) is 0 Å². The Hall–Kier alpha value is -2.08. The van der Waals surface area contributed by atoms with E-state index in [9.17, 15) is 5.26 Å². The van der Waals surface area contributed by atoms with Crippen LogP contribution in [0.25, 0.3) is 10.9 Å². The molecule has 0 atom stereocenters. The highest BCUT2D eigenvalue weighted by Gasteiger charge is 2.65. The largest absolute Gasteiger partial charge is 0.365 e. The van der Waals surface area contributed by atoms with Gasteiger partial charge in [0.1, 0.15) is 11.9 Å². The Kier molecular flexibility index (Phi) is 2.56. The lowest BCUT2D eigenvalue weighted by Gasteiger charge is -2.10. The summed E-state index contributed by atoms with van der Waals surface area (Å²) in [5.41, 5.74) is 1.97. The minimum absolute atomic E-state index is 0.215. The number of para-hydroxylation sites is 1. The smallest absolute Gasteiger partial charge is 0.144 e. The van der Waals surface area contributed by atoms with Crippen LogP contribution in [-0.2, 0) is 0 Å². The van der Waals surface area contributed by atoms with Crippen LogP contribution in [-0.4, -0.2) is 11.0 Å². The molecule has 0 radical (unpaired) electrons. The van der Waals surface area contributed by atoms with Crippen LogP contribution in [0.15, 0.2) is 30.3 Å². The predicted molar refractivity (Wildman–Crippen MR) is 81.4 cm³/mol. The molecule has 0 aliphatic heterocycles. The Balaban J connectivity index is 2.02. The lowest BCUT2D eigenvalue weighted by molar-refractivity contribution is 0.457. The number of benzene rings is 1. The molecule has 1 fully saturated rings. The second-order valence-corrected chi connectivity index (χ2v) is 6.71. The van der Waals surface area contributed by atoms with Gasteiger partial charge >= 0.3 is 0 Å². The summed E-state index contributed by atoms with van der Waals surface area (Å²) in [5.74, 6) is 0.704. The zero-order valence-corrected chi connectivity index (χ0v) is 12.4. The van der Waals surface area contributed by atoms with Crippen molar-refractivity contribution in [3.63, 3.8) is 0 Å². The summed E-state index contributed by atoms with van der Waals surface area (Å²) in [6.45, 7) is 8.99. The molecule has 1 saturated carbocycles. The SMILES string of the molecule is CC1(C)C(Nc2nc3ccccc3cc2C#N)C1(C)C. The Morgan fingerprint density at radius 2 is 1.80 bits per heavy atom. The van der Waals surface area contributed by atoms with E-state index in [1.54, 1.807) is 0 Å². The van der Waals surface area contributed by atoms with E-state index in [0.717, 1.165) is 10.9 Å². The van der Waals surface area contributed by atoms with Crippen LogP contribution in [0.1, 0.15) is 33.3 Å². The van der Waals surface area contributed by atoms with Crippen LogP contribution in [0.5, 0.6) is 0 Å². The molecule has 3 heteroatoms. The summed E-state index contributed by atoms with van der Waals surface area (Å²) >= 11 is 0. The standard InChI is InChI=1S/C17H19N3/c1-16(2)15(17(16,3)4)20-14-12(10-18)9-11-7-5-6-8-13(11)19-14/h5-9,15H,1-4H3,(H,19,20). The van der Waals surface area contributed by atoms with E-state index in [1.807, 2.05) is 30.3 Å². The van der Waals surface area contributed by atoms with Crippen molar-refractivity contribution in [2.24, 2.45) is 10.8 Å². The predicted octanol–water partition coefficient (Wildman–Crippen LogP) is 3.95. The van der Waals surface area contributed by atoms with Crippen molar-refractivity contribution in [1.82, 2.24) is 4.98 Å². The van der Waals surface area contributed by atoms with Crippen LogP contribution >= 0.6 is 0 Å². The number of anilines is 1. The molecule has 0 amide bonds. The molecule has 102 valence electrons. The van der Waals surface area contributed by atoms with Crippen LogP contribution in [0.4, 0.5) is 5.82 Å². The van der Waals surface area contributed by atoms with Crippen LogP contribution in [0, 0.1) is 22.2 Å². The van der Waals surface area contributed by atoms with E-state index >= 15 is 0 Å². The van der Waals surface area contributed by atoms with E-state index < -0.39 is 0 Å². The number of aromatic nitrogens is 1. The van der Waals surface area contributed by atoms with Gasteiger partial charge in [-0.05, 0) is 23.0 Å². The van der Waals surface area contributed by atoms with Gasteiger partial charge in [0.2, 0.25) is 0 Å². The summed E-state index contributed by atoms with van der Waals surface area (Å²) in [6, 6.07) is 12.4. The van der Waals surface area contributed by atoms with Gasteiger partial charge in [-0.15, -0.1) is 0 Å². The van der Waals surface area contributed by atoms with Crippen molar-refractivity contribution in [2.75, 3.05) is 5.32 Å². The molecule has 3 nitrogen and oxygen atoms in total. The first-order valence-corrected chi connectivity index (χ1v) is 6.94. The Morgan fingerprint density at radius 3 is 2.40 bits per heavy atom. The molecule has 1 aromatic heterocycles. The first-order valence-electron chi connectivity index (χ1n) is 6.94. The minimum Gasteiger partial charge on any atom is -0.365 e. The number of nitrogens with one attached hydrogen (secondary N) is 1. The van der Waals surface area contributed by atoms with E-state index in [2.05, 4.69) is 44.1 Å².